The van der Waals surface area contributed by atoms with Crippen molar-refractivity contribution in [2.24, 2.45) is 0 Å². The fourth-order valence-electron chi connectivity index (χ4n) is 1.75. The van der Waals surface area contributed by atoms with E-state index in [1.54, 1.807) is 19.9 Å². The van der Waals surface area contributed by atoms with Crippen LogP contribution in [0.1, 0.15) is 27.2 Å². The predicted octanol–water partition coefficient (Wildman–Crippen LogP) is 0.0469. The van der Waals surface area contributed by atoms with Crippen molar-refractivity contribution in [3.8, 4) is 0 Å². The molecule has 4 atom stereocenters. The van der Waals surface area contributed by atoms with E-state index in [0.29, 0.717) is 5.57 Å². The smallest absolute Gasteiger partial charge is 0.334 e. The van der Waals surface area contributed by atoms with E-state index in [1.165, 1.54) is 13.0 Å². The van der Waals surface area contributed by atoms with Crippen LogP contribution in [0.3, 0.4) is 0 Å². The van der Waals surface area contributed by atoms with E-state index in [0.717, 1.165) is 6.08 Å². The molecule has 7 nitrogen and oxygen atoms in total. The molecule has 0 aromatic rings. The number of carbonyl (C=O) groups excluding carboxylic acids is 3. The Kier molecular flexibility index (Phi) is 6.45. The zero-order valence-electron chi connectivity index (χ0n) is 12.7. The molecular formula is C15H20O7. The molecule has 1 heterocycles. The number of rotatable bonds is 6. The Balaban J connectivity index is 2.84. The quantitative estimate of drug-likeness (QED) is 0.526. The van der Waals surface area contributed by atoms with Crippen LogP contribution in [0.5, 0.6) is 0 Å². The molecule has 0 radical (unpaired) electrons. The number of hydrogen-bond donors (Lipinski definition) is 2. The van der Waals surface area contributed by atoms with Gasteiger partial charge in [-0.15, -0.1) is 0 Å². The molecule has 7 heteroatoms. The number of hydrogen-bond acceptors (Lipinski definition) is 7. The van der Waals surface area contributed by atoms with Crippen LogP contribution < -0.4 is 0 Å². The molecule has 0 aromatic carbocycles. The number of carbonyl (C=O) groups is 3. The topological polar surface area (TPSA) is 110 Å². The second-order valence-corrected chi connectivity index (χ2v) is 5.02. The van der Waals surface area contributed by atoms with Crippen molar-refractivity contribution in [2.45, 2.75) is 51.6 Å². The first-order valence-electron chi connectivity index (χ1n) is 6.87. The zero-order chi connectivity index (χ0) is 16.9. The number of Topliss-reactive ketones (excluding diaryl/α,β-unsaturated/α-hetero) is 1. The van der Waals surface area contributed by atoms with Gasteiger partial charge in [0.15, 0.2) is 18.0 Å². The van der Waals surface area contributed by atoms with E-state index in [-0.39, 0.29) is 0 Å². The first kappa shape index (κ1) is 18.1. The normalized spacial score (nSPS) is 24.4. The highest BCUT2D eigenvalue weighted by molar-refractivity contribution is 5.88. The summed E-state index contributed by atoms with van der Waals surface area (Å²) in [5.74, 6) is -1.93. The summed E-state index contributed by atoms with van der Waals surface area (Å²) in [7, 11) is 0. The highest BCUT2D eigenvalue weighted by atomic mass is 16.6. The molecule has 4 unspecified atom stereocenters. The van der Waals surface area contributed by atoms with Crippen LogP contribution in [0.2, 0.25) is 0 Å². The fraction of sp³-hybridized carbons (Fsp3) is 0.533. The summed E-state index contributed by atoms with van der Waals surface area (Å²) in [4.78, 5) is 34.6. The van der Waals surface area contributed by atoms with Crippen molar-refractivity contribution < 1.29 is 34.1 Å². The number of cyclic esters (lactones) is 1. The van der Waals surface area contributed by atoms with Crippen molar-refractivity contribution in [1.29, 1.82) is 0 Å². The van der Waals surface area contributed by atoms with Gasteiger partial charge in [-0.1, -0.05) is 6.08 Å². The average molecular weight is 312 g/mol. The fourth-order valence-corrected chi connectivity index (χ4v) is 1.75. The molecule has 0 aromatic heterocycles. The third-order valence-corrected chi connectivity index (χ3v) is 3.25. The minimum atomic E-state index is -1.39. The summed E-state index contributed by atoms with van der Waals surface area (Å²) in [5.41, 5.74) is 0.360. The molecule has 0 spiro atoms. The third kappa shape index (κ3) is 4.78. The number of esters is 2. The van der Waals surface area contributed by atoms with Crippen molar-refractivity contribution >= 4 is 17.7 Å². The lowest BCUT2D eigenvalue weighted by atomic mass is 9.99. The molecule has 1 aliphatic rings. The van der Waals surface area contributed by atoms with Gasteiger partial charge in [-0.05, 0) is 26.8 Å². The zero-order valence-corrected chi connectivity index (χ0v) is 12.7. The molecule has 1 rings (SSSR count). The molecule has 22 heavy (non-hydrogen) atoms. The van der Waals surface area contributed by atoms with Crippen LogP contribution in [-0.2, 0) is 23.9 Å². The Morgan fingerprint density at radius 3 is 2.64 bits per heavy atom. The van der Waals surface area contributed by atoms with E-state index in [4.69, 9.17) is 14.6 Å². The van der Waals surface area contributed by atoms with Gasteiger partial charge in [-0.25, -0.2) is 9.59 Å². The SMILES string of the molecule is C/C=C(\C)C(=O)OC1C=CC(=O)OC1C(O)CC(=O)C(C)O. The molecule has 0 bridgehead atoms. The molecule has 1 aliphatic heterocycles. The lowest BCUT2D eigenvalue weighted by Gasteiger charge is -2.30. The Morgan fingerprint density at radius 1 is 1.45 bits per heavy atom. The monoisotopic (exact) mass is 312 g/mol. The first-order chi connectivity index (χ1) is 10.3. The van der Waals surface area contributed by atoms with Crippen molar-refractivity contribution in [3.63, 3.8) is 0 Å². The Bertz CT molecular complexity index is 504. The molecule has 0 saturated carbocycles. The van der Waals surface area contributed by atoms with Gasteiger partial charge in [0, 0.05) is 18.1 Å². The molecule has 122 valence electrons. The van der Waals surface area contributed by atoms with Gasteiger partial charge in [-0.2, -0.15) is 0 Å². The molecular weight excluding hydrogens is 292 g/mol. The van der Waals surface area contributed by atoms with Crippen LogP contribution in [0, 0.1) is 0 Å². The summed E-state index contributed by atoms with van der Waals surface area (Å²) < 4.78 is 10.1. The van der Waals surface area contributed by atoms with E-state index in [9.17, 15) is 19.5 Å². The maximum atomic E-state index is 11.8. The van der Waals surface area contributed by atoms with Gasteiger partial charge < -0.3 is 19.7 Å². The van der Waals surface area contributed by atoms with Crippen molar-refractivity contribution in [1.82, 2.24) is 0 Å². The number of ether oxygens (including phenoxy) is 2. The van der Waals surface area contributed by atoms with Gasteiger partial charge >= 0.3 is 11.9 Å². The average Bonchev–Trinajstić information content (AvgIpc) is 2.47. The predicted molar refractivity (Wildman–Crippen MR) is 75.6 cm³/mol. The Labute approximate surface area is 128 Å². The van der Waals surface area contributed by atoms with E-state index < -0.39 is 48.6 Å². The number of aliphatic hydroxyl groups is 2. The minimum Gasteiger partial charge on any atom is -0.452 e. The molecule has 0 saturated heterocycles. The number of ketones is 1. The van der Waals surface area contributed by atoms with Crippen LogP contribution >= 0.6 is 0 Å². The van der Waals surface area contributed by atoms with Gasteiger partial charge in [0.05, 0.1) is 0 Å². The standard InChI is InChI=1S/C15H20O7/c1-4-8(2)15(20)21-12-5-6-13(19)22-14(12)11(18)7-10(17)9(3)16/h4-6,9,11-12,14,16,18H,7H2,1-3H3/b8-4+. The van der Waals surface area contributed by atoms with E-state index in [1.807, 2.05) is 0 Å². The second-order valence-electron chi connectivity index (χ2n) is 5.02. The summed E-state index contributed by atoms with van der Waals surface area (Å²) in [6.45, 7) is 4.50. The summed E-state index contributed by atoms with van der Waals surface area (Å²) in [6, 6.07) is 0. The van der Waals surface area contributed by atoms with Crippen LogP contribution in [0.4, 0.5) is 0 Å². The Hall–Kier alpha value is -1.99. The first-order valence-corrected chi connectivity index (χ1v) is 6.87. The molecule has 2 N–H and O–H groups in total. The van der Waals surface area contributed by atoms with Crippen LogP contribution in [0.15, 0.2) is 23.8 Å². The van der Waals surface area contributed by atoms with Gasteiger partial charge in [0.25, 0.3) is 0 Å². The Morgan fingerprint density at radius 2 is 2.09 bits per heavy atom. The molecule has 0 aliphatic carbocycles. The lowest BCUT2D eigenvalue weighted by molar-refractivity contribution is -0.171. The highest BCUT2D eigenvalue weighted by Gasteiger charge is 2.37. The van der Waals surface area contributed by atoms with Crippen LogP contribution in [0.25, 0.3) is 0 Å². The number of aliphatic hydroxyl groups excluding tert-OH is 2. The van der Waals surface area contributed by atoms with E-state index in [2.05, 4.69) is 0 Å². The second kappa shape index (κ2) is 7.86. The van der Waals surface area contributed by atoms with E-state index >= 15 is 0 Å². The summed E-state index contributed by atoms with van der Waals surface area (Å²) in [5, 5.41) is 19.2. The van der Waals surface area contributed by atoms with Gasteiger partial charge in [-0.3, -0.25) is 4.79 Å². The number of allylic oxidation sites excluding steroid dienone is 1. The van der Waals surface area contributed by atoms with Crippen molar-refractivity contribution in [2.75, 3.05) is 0 Å². The molecule has 0 amide bonds. The summed E-state index contributed by atoms with van der Waals surface area (Å²) >= 11 is 0. The third-order valence-electron chi connectivity index (χ3n) is 3.25. The minimum absolute atomic E-state index is 0.360. The van der Waals surface area contributed by atoms with Gasteiger partial charge in [0.1, 0.15) is 12.2 Å². The molecule has 0 fully saturated rings. The van der Waals surface area contributed by atoms with Crippen LogP contribution in [-0.4, -0.2) is 52.4 Å². The van der Waals surface area contributed by atoms with Crippen molar-refractivity contribution in [3.05, 3.63) is 23.8 Å². The van der Waals surface area contributed by atoms with Gasteiger partial charge in [0.2, 0.25) is 0 Å². The maximum Gasteiger partial charge on any atom is 0.334 e. The largest absolute Gasteiger partial charge is 0.452 e. The highest BCUT2D eigenvalue weighted by Crippen LogP contribution is 2.19. The maximum absolute atomic E-state index is 11.8. The summed E-state index contributed by atoms with van der Waals surface area (Å²) in [6.07, 6.45) is -1.31. The lowest BCUT2D eigenvalue weighted by Crippen LogP contribution is -2.46.